The third-order valence-corrected chi connectivity index (χ3v) is 1.99. The van der Waals surface area contributed by atoms with Gasteiger partial charge < -0.3 is 0 Å². The number of nitrogens with zero attached hydrogens (tertiary/aromatic N) is 2. The SMILES string of the molecule is Cc1n[nH]c(=O)n1-c1ccc(F)cc1F. The van der Waals surface area contributed by atoms with E-state index >= 15 is 0 Å². The second kappa shape index (κ2) is 3.30. The number of hydrogen-bond donors (Lipinski definition) is 1. The minimum absolute atomic E-state index is 0.0207. The lowest BCUT2D eigenvalue weighted by Gasteiger charge is -2.03. The molecule has 0 amide bonds. The van der Waals surface area contributed by atoms with Gasteiger partial charge in [-0.2, -0.15) is 5.10 Å². The summed E-state index contributed by atoms with van der Waals surface area (Å²) < 4.78 is 27.0. The summed E-state index contributed by atoms with van der Waals surface area (Å²) in [6.45, 7) is 1.54. The molecule has 1 N–H and O–H groups in total. The molecule has 0 atom stereocenters. The summed E-state index contributed by atoms with van der Waals surface area (Å²) in [5.41, 5.74) is -0.578. The van der Waals surface area contributed by atoms with Crippen LogP contribution >= 0.6 is 0 Å². The molecule has 0 spiro atoms. The van der Waals surface area contributed by atoms with Gasteiger partial charge in [-0.1, -0.05) is 0 Å². The Morgan fingerprint density at radius 3 is 2.67 bits per heavy atom. The molecule has 1 aromatic heterocycles. The number of nitrogens with one attached hydrogen (secondary N) is 1. The maximum absolute atomic E-state index is 13.3. The molecule has 78 valence electrons. The number of halogens is 2. The molecule has 15 heavy (non-hydrogen) atoms. The molecule has 6 heteroatoms. The Morgan fingerprint density at radius 1 is 1.40 bits per heavy atom. The fourth-order valence-corrected chi connectivity index (χ4v) is 1.32. The Bertz CT molecular complexity index is 559. The molecule has 0 saturated heterocycles. The third kappa shape index (κ3) is 1.54. The van der Waals surface area contributed by atoms with Crippen LogP contribution in [0.5, 0.6) is 0 Å². The molecular formula is C9H7F2N3O. The van der Waals surface area contributed by atoms with Crippen molar-refractivity contribution < 1.29 is 8.78 Å². The van der Waals surface area contributed by atoms with Crippen molar-refractivity contribution in [3.63, 3.8) is 0 Å². The number of aromatic amines is 1. The van der Waals surface area contributed by atoms with Crippen molar-refractivity contribution in [2.45, 2.75) is 6.92 Å². The molecule has 0 aliphatic heterocycles. The summed E-state index contributed by atoms with van der Waals surface area (Å²) >= 11 is 0. The monoisotopic (exact) mass is 211 g/mol. The lowest BCUT2D eigenvalue weighted by molar-refractivity contribution is 0.576. The number of rotatable bonds is 1. The highest BCUT2D eigenvalue weighted by molar-refractivity contribution is 5.34. The van der Waals surface area contributed by atoms with Crippen LogP contribution in [0.15, 0.2) is 23.0 Å². The van der Waals surface area contributed by atoms with Gasteiger partial charge >= 0.3 is 5.69 Å². The minimum Gasteiger partial charge on any atom is -0.246 e. The van der Waals surface area contributed by atoms with E-state index in [2.05, 4.69) is 10.2 Å². The number of aromatic nitrogens is 3. The highest BCUT2D eigenvalue weighted by Crippen LogP contribution is 2.13. The molecule has 0 fully saturated rings. The molecule has 2 rings (SSSR count). The molecule has 0 aliphatic carbocycles. The van der Waals surface area contributed by atoms with Gasteiger partial charge in [0.1, 0.15) is 17.5 Å². The smallest absolute Gasteiger partial charge is 0.246 e. The number of aryl methyl sites for hydroxylation is 1. The Kier molecular flexibility index (Phi) is 2.11. The van der Waals surface area contributed by atoms with Gasteiger partial charge in [0.15, 0.2) is 0 Å². The van der Waals surface area contributed by atoms with E-state index in [4.69, 9.17) is 0 Å². The first-order valence-corrected chi connectivity index (χ1v) is 4.19. The predicted molar refractivity (Wildman–Crippen MR) is 48.8 cm³/mol. The van der Waals surface area contributed by atoms with E-state index in [0.717, 1.165) is 10.6 Å². The zero-order valence-corrected chi connectivity index (χ0v) is 7.79. The normalized spacial score (nSPS) is 10.6. The zero-order chi connectivity index (χ0) is 11.0. The van der Waals surface area contributed by atoms with Crippen LogP contribution in [0.25, 0.3) is 5.69 Å². The first-order chi connectivity index (χ1) is 7.09. The van der Waals surface area contributed by atoms with E-state index < -0.39 is 17.3 Å². The minimum atomic E-state index is -0.804. The van der Waals surface area contributed by atoms with Crippen LogP contribution in [0.1, 0.15) is 5.82 Å². The average molecular weight is 211 g/mol. The Morgan fingerprint density at radius 2 is 2.13 bits per heavy atom. The molecule has 0 bridgehead atoms. The van der Waals surface area contributed by atoms with Crippen molar-refractivity contribution in [1.82, 2.24) is 14.8 Å². The van der Waals surface area contributed by atoms with E-state index in [9.17, 15) is 13.6 Å². The van der Waals surface area contributed by atoms with Gasteiger partial charge in [0.2, 0.25) is 0 Å². The van der Waals surface area contributed by atoms with Crippen molar-refractivity contribution in [2.24, 2.45) is 0 Å². The first kappa shape index (κ1) is 9.57. The summed E-state index contributed by atoms with van der Waals surface area (Å²) in [4.78, 5) is 11.3. The van der Waals surface area contributed by atoms with Crippen LogP contribution < -0.4 is 5.69 Å². The van der Waals surface area contributed by atoms with Gasteiger partial charge in [-0.3, -0.25) is 0 Å². The van der Waals surface area contributed by atoms with E-state index in [0.29, 0.717) is 11.9 Å². The van der Waals surface area contributed by atoms with E-state index in [-0.39, 0.29) is 5.69 Å². The highest BCUT2D eigenvalue weighted by atomic mass is 19.1. The van der Waals surface area contributed by atoms with Gasteiger partial charge in [-0.05, 0) is 19.1 Å². The number of hydrogen-bond acceptors (Lipinski definition) is 2. The molecular weight excluding hydrogens is 204 g/mol. The van der Waals surface area contributed by atoms with Gasteiger partial charge in [0.05, 0.1) is 5.69 Å². The number of H-pyrrole nitrogens is 1. The summed E-state index contributed by atoms with van der Waals surface area (Å²) in [6, 6.07) is 2.99. The maximum Gasteiger partial charge on any atom is 0.348 e. The van der Waals surface area contributed by atoms with E-state index in [1.165, 1.54) is 6.07 Å². The first-order valence-electron chi connectivity index (χ1n) is 4.19. The molecule has 0 saturated carbocycles. The molecule has 0 radical (unpaired) electrons. The Balaban J connectivity index is 2.69. The summed E-state index contributed by atoms with van der Waals surface area (Å²) in [5, 5.41) is 5.80. The highest BCUT2D eigenvalue weighted by Gasteiger charge is 2.11. The van der Waals surface area contributed by atoms with Crippen LogP contribution in [0, 0.1) is 18.6 Å². The molecule has 4 nitrogen and oxygen atoms in total. The Labute approximate surface area is 83.2 Å². The van der Waals surface area contributed by atoms with Crippen molar-refractivity contribution in [2.75, 3.05) is 0 Å². The fraction of sp³-hybridized carbons (Fsp3) is 0.111. The molecule has 0 unspecified atom stereocenters. The largest absolute Gasteiger partial charge is 0.348 e. The van der Waals surface area contributed by atoms with Gasteiger partial charge in [-0.25, -0.2) is 23.2 Å². The molecule has 1 heterocycles. The quantitative estimate of drug-likeness (QED) is 0.769. The van der Waals surface area contributed by atoms with E-state index in [1.807, 2.05) is 0 Å². The topological polar surface area (TPSA) is 50.7 Å². The zero-order valence-electron chi connectivity index (χ0n) is 7.79. The van der Waals surface area contributed by atoms with Gasteiger partial charge in [0, 0.05) is 6.07 Å². The van der Waals surface area contributed by atoms with Crippen molar-refractivity contribution in [1.29, 1.82) is 0 Å². The van der Waals surface area contributed by atoms with Crippen molar-refractivity contribution >= 4 is 0 Å². The predicted octanol–water partition coefficient (Wildman–Crippen LogP) is 1.15. The van der Waals surface area contributed by atoms with Crippen LogP contribution in [-0.4, -0.2) is 14.8 Å². The summed E-state index contributed by atoms with van der Waals surface area (Å²) in [7, 11) is 0. The molecule has 1 aromatic carbocycles. The fourth-order valence-electron chi connectivity index (χ4n) is 1.32. The lowest BCUT2D eigenvalue weighted by Crippen LogP contribution is -2.17. The maximum atomic E-state index is 13.3. The second-order valence-corrected chi connectivity index (χ2v) is 3.01. The summed E-state index contributed by atoms with van der Waals surface area (Å²) in [5.74, 6) is -1.18. The number of benzene rings is 1. The van der Waals surface area contributed by atoms with Crippen LogP contribution in [0.2, 0.25) is 0 Å². The molecule has 2 aromatic rings. The molecule has 0 aliphatic rings. The third-order valence-electron chi connectivity index (χ3n) is 1.99. The van der Waals surface area contributed by atoms with Crippen molar-refractivity contribution in [3.8, 4) is 5.69 Å². The van der Waals surface area contributed by atoms with Gasteiger partial charge in [-0.15, -0.1) is 0 Å². The van der Waals surface area contributed by atoms with Crippen LogP contribution in [0.4, 0.5) is 8.78 Å². The standard InChI is InChI=1S/C9H7F2N3O/c1-5-12-13-9(15)14(5)8-3-2-6(10)4-7(8)11/h2-4H,1H3,(H,13,15). The Hall–Kier alpha value is -1.98. The van der Waals surface area contributed by atoms with Crippen LogP contribution in [0.3, 0.4) is 0 Å². The second-order valence-electron chi connectivity index (χ2n) is 3.01. The van der Waals surface area contributed by atoms with E-state index in [1.54, 1.807) is 6.92 Å². The van der Waals surface area contributed by atoms with Crippen LogP contribution in [-0.2, 0) is 0 Å². The van der Waals surface area contributed by atoms with Crippen molar-refractivity contribution in [3.05, 3.63) is 46.1 Å². The van der Waals surface area contributed by atoms with Gasteiger partial charge in [0.25, 0.3) is 0 Å². The lowest BCUT2D eigenvalue weighted by atomic mass is 10.3. The average Bonchev–Trinajstić information content (AvgIpc) is 2.48. The summed E-state index contributed by atoms with van der Waals surface area (Å²) in [6.07, 6.45) is 0.